The van der Waals surface area contributed by atoms with Gasteiger partial charge in [-0.3, -0.25) is 14.7 Å². The highest BCUT2D eigenvalue weighted by Gasteiger charge is 2.23. The molecule has 1 atom stereocenters. The number of hydrogen-bond acceptors (Lipinski definition) is 5. The predicted octanol–water partition coefficient (Wildman–Crippen LogP) is 3.43. The second-order valence-electron chi connectivity index (χ2n) is 7.04. The van der Waals surface area contributed by atoms with Crippen LogP contribution in [0.4, 0.5) is 4.79 Å². The van der Waals surface area contributed by atoms with E-state index in [1.165, 1.54) is 11.1 Å². The van der Waals surface area contributed by atoms with Crippen molar-refractivity contribution in [1.29, 1.82) is 0 Å². The number of rotatable bonds is 7. The fraction of sp³-hybridized carbons (Fsp3) is 0.476. The molecule has 0 saturated carbocycles. The largest absolute Gasteiger partial charge is 0.483 e. The molecule has 0 radical (unpaired) electrons. The zero-order chi connectivity index (χ0) is 20.9. The van der Waals surface area contributed by atoms with Crippen molar-refractivity contribution in [3.05, 3.63) is 52.5 Å². The lowest BCUT2D eigenvalue weighted by Gasteiger charge is -2.34. The van der Waals surface area contributed by atoms with Crippen molar-refractivity contribution in [3.8, 4) is 0 Å². The van der Waals surface area contributed by atoms with Gasteiger partial charge in [-0.1, -0.05) is 13.0 Å². The maximum atomic E-state index is 12.8. The molecular formula is C21H30N4O3S. The van der Waals surface area contributed by atoms with E-state index in [4.69, 9.17) is 9.90 Å². The van der Waals surface area contributed by atoms with E-state index in [1.54, 1.807) is 17.5 Å². The van der Waals surface area contributed by atoms with Crippen LogP contribution in [0.15, 0.2) is 41.4 Å². The van der Waals surface area contributed by atoms with E-state index in [0.29, 0.717) is 6.54 Å². The van der Waals surface area contributed by atoms with Crippen molar-refractivity contribution in [2.24, 2.45) is 0 Å². The standard InChI is InChI=1S/C20H28N4OS.CH2O2/c1-2-9-24(14-18-7-11-26-16-18)20(25)22-19-6-4-10-23(15-19)13-17-5-3-8-21-12-17;2-1-3/h3,5,7-8,11-12,16,19H,2,4,6,9-10,13-15H2,1H3,(H,22,25);1H,(H,2,3). The van der Waals surface area contributed by atoms with E-state index < -0.39 is 0 Å². The molecule has 0 aromatic carbocycles. The molecule has 1 saturated heterocycles. The Labute approximate surface area is 176 Å². The highest BCUT2D eigenvalue weighted by Crippen LogP contribution is 2.15. The number of likely N-dealkylation sites (tertiary alicyclic amines) is 1. The number of amides is 2. The third-order valence-corrected chi connectivity index (χ3v) is 5.43. The Balaban J connectivity index is 0.000000941. The Morgan fingerprint density at radius 2 is 2.28 bits per heavy atom. The second kappa shape index (κ2) is 12.9. The predicted molar refractivity (Wildman–Crippen MR) is 115 cm³/mol. The lowest BCUT2D eigenvalue weighted by Crippen LogP contribution is -2.51. The number of piperidine rings is 1. The zero-order valence-electron chi connectivity index (χ0n) is 16.9. The maximum Gasteiger partial charge on any atom is 0.317 e. The number of nitrogens with zero attached hydrogens (tertiary/aromatic N) is 3. The van der Waals surface area contributed by atoms with E-state index >= 15 is 0 Å². The molecule has 1 aliphatic rings. The third-order valence-electron chi connectivity index (χ3n) is 4.70. The zero-order valence-corrected chi connectivity index (χ0v) is 17.7. The van der Waals surface area contributed by atoms with Crippen LogP contribution in [0.1, 0.15) is 37.3 Å². The Hall–Kier alpha value is -2.45. The summed E-state index contributed by atoms with van der Waals surface area (Å²) in [5.41, 5.74) is 2.44. The molecule has 0 spiro atoms. The number of nitrogens with one attached hydrogen (secondary N) is 1. The molecule has 0 bridgehead atoms. The quantitative estimate of drug-likeness (QED) is 0.673. The van der Waals surface area contributed by atoms with Crippen LogP contribution >= 0.6 is 11.3 Å². The molecule has 29 heavy (non-hydrogen) atoms. The minimum Gasteiger partial charge on any atom is -0.483 e. The first-order valence-corrected chi connectivity index (χ1v) is 10.9. The highest BCUT2D eigenvalue weighted by atomic mass is 32.1. The normalized spacial score (nSPS) is 16.4. The van der Waals surface area contributed by atoms with Gasteiger partial charge in [-0.15, -0.1) is 0 Å². The van der Waals surface area contributed by atoms with Crippen LogP contribution in [0.2, 0.25) is 0 Å². The summed E-state index contributed by atoms with van der Waals surface area (Å²) in [7, 11) is 0. The molecule has 158 valence electrons. The van der Waals surface area contributed by atoms with E-state index in [2.05, 4.69) is 45.0 Å². The first kappa shape index (κ1) is 22.8. The fourth-order valence-corrected chi connectivity index (χ4v) is 4.12. The van der Waals surface area contributed by atoms with Crippen LogP contribution in [-0.2, 0) is 17.9 Å². The molecule has 2 aromatic rings. The van der Waals surface area contributed by atoms with Crippen LogP contribution in [0.5, 0.6) is 0 Å². The lowest BCUT2D eigenvalue weighted by molar-refractivity contribution is -0.122. The molecular weight excluding hydrogens is 388 g/mol. The van der Waals surface area contributed by atoms with Gasteiger partial charge in [0.05, 0.1) is 0 Å². The molecule has 1 fully saturated rings. The summed E-state index contributed by atoms with van der Waals surface area (Å²) >= 11 is 1.68. The van der Waals surface area contributed by atoms with Crippen LogP contribution in [0, 0.1) is 0 Å². The minimum absolute atomic E-state index is 0.0614. The van der Waals surface area contributed by atoms with E-state index in [0.717, 1.165) is 45.4 Å². The van der Waals surface area contributed by atoms with E-state index in [1.807, 2.05) is 17.2 Å². The number of thiophene rings is 1. The van der Waals surface area contributed by atoms with Crippen LogP contribution in [0.3, 0.4) is 0 Å². The maximum absolute atomic E-state index is 12.8. The van der Waals surface area contributed by atoms with Crippen molar-refractivity contribution in [3.63, 3.8) is 0 Å². The SMILES string of the molecule is CCCN(Cc1ccsc1)C(=O)NC1CCCN(Cc2cccnc2)C1.O=CO. The molecule has 2 amide bonds. The number of pyridine rings is 1. The van der Waals surface area contributed by atoms with Gasteiger partial charge >= 0.3 is 6.03 Å². The molecule has 1 aliphatic heterocycles. The Kier molecular flexibility index (Phi) is 10.2. The fourth-order valence-electron chi connectivity index (χ4n) is 3.46. The summed E-state index contributed by atoms with van der Waals surface area (Å²) in [4.78, 5) is 29.7. The number of carbonyl (C=O) groups excluding carboxylic acids is 1. The van der Waals surface area contributed by atoms with E-state index in [9.17, 15) is 4.79 Å². The summed E-state index contributed by atoms with van der Waals surface area (Å²) in [5, 5.41) is 14.3. The van der Waals surface area contributed by atoms with Crippen molar-refractivity contribution in [2.45, 2.75) is 45.3 Å². The molecule has 2 aromatic heterocycles. The van der Waals surface area contributed by atoms with Crippen molar-refractivity contribution in [2.75, 3.05) is 19.6 Å². The molecule has 3 rings (SSSR count). The van der Waals surface area contributed by atoms with Gasteiger partial charge in [0, 0.05) is 44.6 Å². The van der Waals surface area contributed by atoms with Gasteiger partial charge in [-0.2, -0.15) is 11.3 Å². The van der Waals surface area contributed by atoms with Crippen molar-refractivity contribution in [1.82, 2.24) is 20.1 Å². The Morgan fingerprint density at radius 3 is 2.93 bits per heavy atom. The summed E-state index contributed by atoms with van der Waals surface area (Å²) in [6.07, 6.45) is 6.86. The van der Waals surface area contributed by atoms with Gasteiger partial charge in [0.2, 0.25) is 0 Å². The average molecular weight is 419 g/mol. The number of carboxylic acid groups (broad SMARTS) is 1. The number of aromatic nitrogens is 1. The van der Waals surface area contributed by atoms with Crippen LogP contribution < -0.4 is 5.32 Å². The Bertz CT molecular complexity index is 712. The number of urea groups is 1. The average Bonchev–Trinajstić information content (AvgIpc) is 3.22. The molecule has 2 N–H and O–H groups in total. The first-order chi connectivity index (χ1) is 14.2. The van der Waals surface area contributed by atoms with Crippen molar-refractivity contribution >= 4 is 23.8 Å². The molecule has 8 heteroatoms. The van der Waals surface area contributed by atoms with Gasteiger partial charge < -0.3 is 15.3 Å². The summed E-state index contributed by atoms with van der Waals surface area (Å²) in [6, 6.07) is 6.46. The monoisotopic (exact) mass is 418 g/mol. The van der Waals surface area contributed by atoms with Gasteiger partial charge in [0.25, 0.3) is 6.47 Å². The first-order valence-electron chi connectivity index (χ1n) is 9.91. The molecule has 3 heterocycles. The molecule has 1 unspecified atom stereocenters. The minimum atomic E-state index is -0.250. The van der Waals surface area contributed by atoms with Crippen LogP contribution in [0.25, 0.3) is 0 Å². The Morgan fingerprint density at radius 1 is 1.45 bits per heavy atom. The van der Waals surface area contributed by atoms with Crippen molar-refractivity contribution < 1.29 is 14.7 Å². The third kappa shape index (κ3) is 8.21. The van der Waals surface area contributed by atoms with Gasteiger partial charge in [0.15, 0.2) is 0 Å². The number of hydrogen-bond donors (Lipinski definition) is 2. The number of carbonyl (C=O) groups is 2. The van der Waals surface area contributed by atoms with Gasteiger partial charge in [-0.05, 0) is 59.8 Å². The topological polar surface area (TPSA) is 85.8 Å². The lowest BCUT2D eigenvalue weighted by atomic mass is 10.1. The van der Waals surface area contributed by atoms with Gasteiger partial charge in [-0.25, -0.2) is 4.79 Å². The van der Waals surface area contributed by atoms with Crippen LogP contribution in [-0.4, -0.2) is 58.1 Å². The highest BCUT2D eigenvalue weighted by molar-refractivity contribution is 7.07. The summed E-state index contributed by atoms with van der Waals surface area (Å²) in [5.74, 6) is 0. The summed E-state index contributed by atoms with van der Waals surface area (Å²) in [6.45, 7) is 6.22. The molecule has 7 nitrogen and oxygen atoms in total. The second-order valence-corrected chi connectivity index (χ2v) is 7.82. The summed E-state index contributed by atoms with van der Waals surface area (Å²) < 4.78 is 0. The smallest absolute Gasteiger partial charge is 0.317 e. The molecule has 0 aliphatic carbocycles. The van der Waals surface area contributed by atoms with Gasteiger partial charge in [0.1, 0.15) is 0 Å². The van der Waals surface area contributed by atoms with E-state index in [-0.39, 0.29) is 18.5 Å².